The van der Waals surface area contributed by atoms with E-state index in [1.165, 1.54) is 0 Å². The minimum Gasteiger partial charge on any atom is -0.328 e. The quantitative estimate of drug-likeness (QED) is 0.848. The van der Waals surface area contributed by atoms with E-state index in [4.69, 9.17) is 5.73 Å². The highest BCUT2D eigenvalue weighted by molar-refractivity contribution is 6.01. The SMILES string of the molecule is Cc1ccc(C)c(C(=O)C(C)N2CCC(N)CC2)c1. The number of hydrogen-bond donors (Lipinski definition) is 1. The summed E-state index contributed by atoms with van der Waals surface area (Å²) in [4.78, 5) is 14.9. The van der Waals surface area contributed by atoms with Crippen molar-refractivity contribution in [3.8, 4) is 0 Å². The fraction of sp³-hybridized carbons (Fsp3) is 0.562. The van der Waals surface area contributed by atoms with Crippen LogP contribution in [0.5, 0.6) is 0 Å². The molecular formula is C16H24N2O. The highest BCUT2D eigenvalue weighted by Gasteiger charge is 2.26. The summed E-state index contributed by atoms with van der Waals surface area (Å²) in [5.41, 5.74) is 8.99. The van der Waals surface area contributed by atoms with Gasteiger partial charge in [-0.25, -0.2) is 0 Å². The number of hydrogen-bond acceptors (Lipinski definition) is 3. The lowest BCUT2D eigenvalue weighted by Crippen LogP contribution is -2.47. The molecule has 2 rings (SSSR count). The lowest BCUT2D eigenvalue weighted by atomic mass is 9.96. The summed E-state index contributed by atoms with van der Waals surface area (Å²) in [5, 5.41) is 0. The first-order valence-electron chi connectivity index (χ1n) is 7.10. The van der Waals surface area contributed by atoms with Gasteiger partial charge in [0.05, 0.1) is 6.04 Å². The van der Waals surface area contributed by atoms with E-state index in [0.29, 0.717) is 6.04 Å². The first kappa shape index (κ1) is 14.2. The molecule has 0 bridgehead atoms. The van der Waals surface area contributed by atoms with Crippen LogP contribution in [0.3, 0.4) is 0 Å². The monoisotopic (exact) mass is 260 g/mol. The van der Waals surface area contributed by atoms with E-state index in [-0.39, 0.29) is 11.8 Å². The Kier molecular flexibility index (Phi) is 4.38. The second-order valence-electron chi connectivity index (χ2n) is 5.73. The summed E-state index contributed by atoms with van der Waals surface area (Å²) < 4.78 is 0. The smallest absolute Gasteiger partial charge is 0.179 e. The third-order valence-electron chi connectivity index (χ3n) is 4.16. The maximum atomic E-state index is 12.6. The molecule has 1 fully saturated rings. The van der Waals surface area contributed by atoms with Gasteiger partial charge < -0.3 is 5.73 Å². The molecule has 1 aliphatic heterocycles. The zero-order valence-electron chi connectivity index (χ0n) is 12.1. The molecule has 1 atom stereocenters. The summed E-state index contributed by atoms with van der Waals surface area (Å²) in [7, 11) is 0. The van der Waals surface area contributed by atoms with E-state index < -0.39 is 0 Å². The second-order valence-corrected chi connectivity index (χ2v) is 5.73. The summed E-state index contributed by atoms with van der Waals surface area (Å²) in [6, 6.07) is 6.34. The second kappa shape index (κ2) is 5.85. The highest BCUT2D eigenvalue weighted by Crippen LogP contribution is 2.18. The molecule has 0 aromatic heterocycles. The summed E-state index contributed by atoms with van der Waals surface area (Å²) in [5.74, 6) is 0.233. The summed E-state index contributed by atoms with van der Waals surface area (Å²) in [6.45, 7) is 7.91. The Balaban J connectivity index is 2.12. The van der Waals surface area contributed by atoms with Gasteiger partial charge >= 0.3 is 0 Å². The van der Waals surface area contributed by atoms with Crippen LogP contribution in [0.15, 0.2) is 18.2 Å². The molecule has 1 saturated heterocycles. The molecule has 0 radical (unpaired) electrons. The van der Waals surface area contributed by atoms with Gasteiger partial charge in [-0.1, -0.05) is 17.7 Å². The van der Waals surface area contributed by atoms with E-state index in [0.717, 1.165) is 42.6 Å². The van der Waals surface area contributed by atoms with Crippen molar-refractivity contribution >= 4 is 5.78 Å². The Labute approximate surface area is 115 Å². The van der Waals surface area contributed by atoms with Crippen LogP contribution < -0.4 is 5.73 Å². The van der Waals surface area contributed by atoms with Crippen LogP contribution in [0.2, 0.25) is 0 Å². The van der Waals surface area contributed by atoms with Crippen LogP contribution in [-0.4, -0.2) is 35.9 Å². The van der Waals surface area contributed by atoms with Gasteiger partial charge in [0.1, 0.15) is 0 Å². The predicted octanol–water partition coefficient (Wildman–Crippen LogP) is 2.30. The number of carbonyl (C=O) groups excluding carboxylic acids is 1. The van der Waals surface area contributed by atoms with Crippen LogP contribution >= 0.6 is 0 Å². The van der Waals surface area contributed by atoms with Crippen molar-refractivity contribution in [2.24, 2.45) is 5.73 Å². The molecule has 0 amide bonds. The van der Waals surface area contributed by atoms with Gasteiger partial charge in [-0.2, -0.15) is 0 Å². The van der Waals surface area contributed by atoms with Crippen molar-refractivity contribution in [3.05, 3.63) is 34.9 Å². The van der Waals surface area contributed by atoms with Crippen molar-refractivity contribution in [3.63, 3.8) is 0 Å². The number of ketones is 1. The number of carbonyl (C=O) groups is 1. The van der Waals surface area contributed by atoms with E-state index in [9.17, 15) is 4.79 Å². The Hall–Kier alpha value is -1.19. The number of nitrogens with zero attached hydrogens (tertiary/aromatic N) is 1. The van der Waals surface area contributed by atoms with Gasteiger partial charge in [0, 0.05) is 24.7 Å². The van der Waals surface area contributed by atoms with Crippen molar-refractivity contribution in [1.82, 2.24) is 4.90 Å². The Morgan fingerprint density at radius 1 is 1.32 bits per heavy atom. The first-order valence-corrected chi connectivity index (χ1v) is 7.10. The van der Waals surface area contributed by atoms with Gasteiger partial charge in [-0.3, -0.25) is 9.69 Å². The van der Waals surface area contributed by atoms with Crippen LogP contribution in [0, 0.1) is 13.8 Å². The molecular weight excluding hydrogens is 236 g/mol. The predicted molar refractivity (Wildman–Crippen MR) is 78.5 cm³/mol. The molecule has 2 N–H and O–H groups in total. The van der Waals surface area contributed by atoms with Gasteiger partial charge in [-0.05, 0) is 45.2 Å². The van der Waals surface area contributed by atoms with Crippen LogP contribution in [-0.2, 0) is 0 Å². The fourth-order valence-corrected chi connectivity index (χ4v) is 2.70. The van der Waals surface area contributed by atoms with Crippen LogP contribution in [0.4, 0.5) is 0 Å². The maximum absolute atomic E-state index is 12.6. The third-order valence-corrected chi connectivity index (χ3v) is 4.16. The number of Topliss-reactive ketones (excluding diaryl/α,β-unsaturated/α-hetero) is 1. The van der Waals surface area contributed by atoms with E-state index in [1.807, 2.05) is 32.9 Å². The topological polar surface area (TPSA) is 46.3 Å². The van der Waals surface area contributed by atoms with Gasteiger partial charge in [0.25, 0.3) is 0 Å². The first-order chi connectivity index (χ1) is 8.99. The number of benzene rings is 1. The van der Waals surface area contributed by atoms with Gasteiger partial charge in [-0.15, -0.1) is 0 Å². The molecule has 1 heterocycles. The average molecular weight is 260 g/mol. The largest absolute Gasteiger partial charge is 0.328 e. The minimum atomic E-state index is -0.0481. The fourth-order valence-electron chi connectivity index (χ4n) is 2.70. The van der Waals surface area contributed by atoms with Crippen molar-refractivity contribution < 1.29 is 4.79 Å². The Bertz CT molecular complexity index is 462. The van der Waals surface area contributed by atoms with Crippen LogP contribution in [0.1, 0.15) is 41.3 Å². The lowest BCUT2D eigenvalue weighted by molar-refractivity contribution is 0.0797. The normalized spacial score (nSPS) is 19.4. The third kappa shape index (κ3) is 3.23. The maximum Gasteiger partial charge on any atom is 0.179 e. The van der Waals surface area contributed by atoms with E-state index in [2.05, 4.69) is 11.0 Å². The zero-order valence-corrected chi connectivity index (χ0v) is 12.1. The van der Waals surface area contributed by atoms with Gasteiger partial charge in [0.15, 0.2) is 5.78 Å². The molecule has 0 aliphatic carbocycles. The molecule has 1 unspecified atom stereocenters. The number of rotatable bonds is 3. The number of likely N-dealkylation sites (tertiary alicyclic amines) is 1. The van der Waals surface area contributed by atoms with Crippen molar-refractivity contribution in [2.45, 2.75) is 45.7 Å². The highest BCUT2D eigenvalue weighted by atomic mass is 16.1. The molecule has 1 aromatic rings. The van der Waals surface area contributed by atoms with E-state index >= 15 is 0 Å². The molecule has 104 valence electrons. The molecule has 1 aliphatic rings. The molecule has 1 aromatic carbocycles. The van der Waals surface area contributed by atoms with Crippen LogP contribution in [0.25, 0.3) is 0 Å². The molecule has 0 saturated carbocycles. The number of aryl methyl sites for hydroxylation is 2. The minimum absolute atomic E-state index is 0.0481. The lowest BCUT2D eigenvalue weighted by Gasteiger charge is -2.34. The number of nitrogens with two attached hydrogens (primary N) is 1. The van der Waals surface area contributed by atoms with Gasteiger partial charge in [0.2, 0.25) is 0 Å². The van der Waals surface area contributed by atoms with Crippen molar-refractivity contribution in [2.75, 3.05) is 13.1 Å². The Morgan fingerprint density at radius 3 is 2.58 bits per heavy atom. The zero-order chi connectivity index (χ0) is 14.0. The summed E-state index contributed by atoms with van der Waals surface area (Å²) in [6.07, 6.45) is 1.98. The summed E-state index contributed by atoms with van der Waals surface area (Å²) >= 11 is 0. The Morgan fingerprint density at radius 2 is 1.95 bits per heavy atom. The van der Waals surface area contributed by atoms with E-state index in [1.54, 1.807) is 0 Å². The number of piperidine rings is 1. The standard InChI is InChI=1S/C16H24N2O/c1-11-4-5-12(2)15(10-11)16(19)13(3)18-8-6-14(17)7-9-18/h4-5,10,13-14H,6-9,17H2,1-3H3. The average Bonchev–Trinajstić information content (AvgIpc) is 2.41. The molecule has 0 spiro atoms. The molecule has 3 nitrogen and oxygen atoms in total. The van der Waals surface area contributed by atoms with Crippen molar-refractivity contribution in [1.29, 1.82) is 0 Å². The molecule has 19 heavy (non-hydrogen) atoms. The molecule has 3 heteroatoms.